The Morgan fingerprint density at radius 2 is 1.50 bits per heavy atom. The highest BCUT2D eigenvalue weighted by molar-refractivity contribution is 6.07. The summed E-state index contributed by atoms with van der Waals surface area (Å²) in [6.07, 6.45) is 0.629. The molecule has 0 bridgehead atoms. The fourth-order valence-corrected chi connectivity index (χ4v) is 2.83. The summed E-state index contributed by atoms with van der Waals surface area (Å²) in [5, 5.41) is 12.9. The fourth-order valence-electron chi connectivity index (χ4n) is 2.83. The van der Waals surface area contributed by atoms with Crippen molar-refractivity contribution in [3.8, 4) is 5.75 Å². The Hall–Kier alpha value is -3.40. The summed E-state index contributed by atoms with van der Waals surface area (Å²) in [7, 11) is 0. The number of hydrogen-bond acceptors (Lipinski definition) is 3. The first-order valence-electron chi connectivity index (χ1n) is 8.32. The minimum Gasteiger partial charge on any atom is -0.505 e. The van der Waals surface area contributed by atoms with Gasteiger partial charge < -0.3 is 10.4 Å². The van der Waals surface area contributed by atoms with Gasteiger partial charge in [0, 0.05) is 5.56 Å². The van der Waals surface area contributed by atoms with Gasteiger partial charge in [-0.25, -0.2) is 0 Å². The predicted octanol–water partition coefficient (Wildman–Crippen LogP) is 4.44. The molecule has 1 amide bonds. The van der Waals surface area contributed by atoms with Crippen molar-refractivity contribution < 1.29 is 14.7 Å². The Labute approximate surface area is 152 Å². The summed E-state index contributed by atoms with van der Waals surface area (Å²) in [6, 6.07) is 22.0. The second kappa shape index (κ2) is 7.66. The van der Waals surface area contributed by atoms with Gasteiger partial charge in [-0.3, -0.25) is 9.59 Å². The van der Waals surface area contributed by atoms with E-state index in [1.165, 1.54) is 13.0 Å². The molecular formula is C22H19NO3. The van der Waals surface area contributed by atoms with Crippen LogP contribution in [0.2, 0.25) is 0 Å². The maximum atomic E-state index is 12.8. The van der Waals surface area contributed by atoms with Crippen molar-refractivity contribution in [3.05, 3.63) is 95.1 Å². The maximum absolute atomic E-state index is 12.8. The molecular weight excluding hydrogens is 326 g/mol. The monoisotopic (exact) mass is 345 g/mol. The van der Waals surface area contributed by atoms with Crippen LogP contribution in [0.25, 0.3) is 0 Å². The number of rotatable bonds is 5. The third-order valence-electron chi connectivity index (χ3n) is 4.16. The zero-order valence-electron chi connectivity index (χ0n) is 14.4. The third-order valence-corrected chi connectivity index (χ3v) is 4.16. The molecule has 0 radical (unpaired) electrons. The van der Waals surface area contributed by atoms with Crippen molar-refractivity contribution in [2.45, 2.75) is 13.3 Å². The molecule has 0 aliphatic carbocycles. The normalized spacial score (nSPS) is 10.3. The molecule has 0 unspecified atom stereocenters. The highest BCUT2D eigenvalue weighted by Crippen LogP contribution is 2.28. The molecule has 0 heterocycles. The van der Waals surface area contributed by atoms with Crippen LogP contribution < -0.4 is 5.32 Å². The van der Waals surface area contributed by atoms with Gasteiger partial charge in [-0.15, -0.1) is 0 Å². The van der Waals surface area contributed by atoms with E-state index in [0.29, 0.717) is 12.0 Å². The van der Waals surface area contributed by atoms with Crippen LogP contribution in [0.15, 0.2) is 72.8 Å². The van der Waals surface area contributed by atoms with Gasteiger partial charge in [0.1, 0.15) is 5.75 Å². The van der Waals surface area contributed by atoms with E-state index in [-0.39, 0.29) is 28.7 Å². The van der Waals surface area contributed by atoms with Crippen molar-refractivity contribution in [2.75, 3.05) is 5.32 Å². The summed E-state index contributed by atoms with van der Waals surface area (Å²) in [5.74, 6) is -0.801. The molecule has 130 valence electrons. The highest BCUT2D eigenvalue weighted by Gasteiger charge is 2.16. The number of nitrogens with one attached hydrogen (secondary N) is 1. The van der Waals surface area contributed by atoms with E-state index < -0.39 is 0 Å². The Morgan fingerprint density at radius 1 is 0.846 bits per heavy atom. The summed E-state index contributed by atoms with van der Waals surface area (Å²) in [4.78, 5) is 24.3. The van der Waals surface area contributed by atoms with Crippen LogP contribution >= 0.6 is 0 Å². The van der Waals surface area contributed by atoms with Crippen LogP contribution in [0.5, 0.6) is 5.75 Å². The number of Topliss-reactive ketones (excluding diaryl/α,β-unsaturated/α-hetero) is 1. The van der Waals surface area contributed by atoms with E-state index in [0.717, 1.165) is 11.1 Å². The van der Waals surface area contributed by atoms with E-state index in [2.05, 4.69) is 5.32 Å². The van der Waals surface area contributed by atoms with Gasteiger partial charge in [0.25, 0.3) is 5.91 Å². The molecule has 0 atom stereocenters. The van der Waals surface area contributed by atoms with E-state index in [1.807, 2.05) is 42.5 Å². The molecule has 3 rings (SSSR count). The van der Waals surface area contributed by atoms with Crippen LogP contribution in [0.1, 0.15) is 38.8 Å². The fraction of sp³-hybridized carbons (Fsp3) is 0.0909. The number of benzene rings is 3. The van der Waals surface area contributed by atoms with Crippen molar-refractivity contribution >= 4 is 17.4 Å². The van der Waals surface area contributed by atoms with E-state index in [4.69, 9.17) is 0 Å². The first kappa shape index (κ1) is 17.4. The predicted molar refractivity (Wildman–Crippen MR) is 102 cm³/mol. The maximum Gasteiger partial charge on any atom is 0.256 e. The molecule has 4 nitrogen and oxygen atoms in total. The minimum atomic E-state index is -0.326. The summed E-state index contributed by atoms with van der Waals surface area (Å²) >= 11 is 0. The lowest BCUT2D eigenvalue weighted by Crippen LogP contribution is -2.15. The number of carbonyl (C=O) groups is 2. The number of anilines is 1. The number of hydrogen-bond donors (Lipinski definition) is 2. The lowest BCUT2D eigenvalue weighted by molar-refractivity contribution is 0.100. The molecule has 2 N–H and O–H groups in total. The van der Waals surface area contributed by atoms with Gasteiger partial charge in [0.05, 0.1) is 11.3 Å². The van der Waals surface area contributed by atoms with Gasteiger partial charge >= 0.3 is 0 Å². The van der Waals surface area contributed by atoms with Gasteiger partial charge in [0.2, 0.25) is 0 Å². The molecule has 26 heavy (non-hydrogen) atoms. The lowest BCUT2D eigenvalue weighted by Gasteiger charge is -2.12. The van der Waals surface area contributed by atoms with E-state index in [1.54, 1.807) is 24.3 Å². The smallest absolute Gasteiger partial charge is 0.256 e. The zero-order valence-corrected chi connectivity index (χ0v) is 14.4. The highest BCUT2D eigenvalue weighted by atomic mass is 16.3. The molecule has 0 aromatic heterocycles. The Kier molecular flexibility index (Phi) is 5.13. The topological polar surface area (TPSA) is 66.4 Å². The third kappa shape index (κ3) is 3.81. The molecule has 0 saturated carbocycles. The Morgan fingerprint density at radius 3 is 2.23 bits per heavy atom. The molecule has 4 heteroatoms. The van der Waals surface area contributed by atoms with E-state index in [9.17, 15) is 14.7 Å². The quantitative estimate of drug-likeness (QED) is 0.531. The summed E-state index contributed by atoms with van der Waals surface area (Å²) < 4.78 is 0. The van der Waals surface area contributed by atoms with Crippen LogP contribution in [0.4, 0.5) is 5.69 Å². The number of para-hydroxylation sites is 1. The van der Waals surface area contributed by atoms with Gasteiger partial charge in [-0.2, -0.15) is 0 Å². The van der Waals surface area contributed by atoms with Crippen molar-refractivity contribution in [1.82, 2.24) is 0 Å². The number of carbonyl (C=O) groups excluding carboxylic acids is 2. The molecule has 0 aliphatic rings. The van der Waals surface area contributed by atoms with Crippen molar-refractivity contribution in [3.63, 3.8) is 0 Å². The Balaban J connectivity index is 1.88. The average molecular weight is 345 g/mol. The number of phenolic OH excluding ortho intramolecular Hbond substituents is 1. The minimum absolute atomic E-state index is 0.181. The first-order chi connectivity index (χ1) is 12.6. The average Bonchev–Trinajstić information content (AvgIpc) is 2.64. The second-order valence-corrected chi connectivity index (χ2v) is 6.03. The Bertz CT molecular complexity index is 949. The molecule has 0 spiro atoms. The molecule has 0 aliphatic heterocycles. The van der Waals surface area contributed by atoms with Crippen LogP contribution in [-0.2, 0) is 6.42 Å². The standard InChI is InChI=1S/C22H19NO3/c1-15(24)18-12-7-13-20(21(18)25)23-22(26)19-11-6-5-10-17(19)14-16-8-3-2-4-9-16/h2-13,25H,14H2,1H3,(H,23,26). The largest absolute Gasteiger partial charge is 0.505 e. The number of phenols is 1. The van der Waals surface area contributed by atoms with Gasteiger partial charge in [-0.05, 0) is 42.7 Å². The zero-order chi connectivity index (χ0) is 18.5. The summed E-state index contributed by atoms with van der Waals surface area (Å²) in [5.41, 5.74) is 2.93. The van der Waals surface area contributed by atoms with Crippen LogP contribution in [0, 0.1) is 0 Å². The molecule has 3 aromatic carbocycles. The number of ketones is 1. The SMILES string of the molecule is CC(=O)c1cccc(NC(=O)c2ccccc2Cc2ccccc2)c1O. The van der Waals surface area contributed by atoms with Gasteiger partial charge in [-0.1, -0.05) is 54.6 Å². The number of amides is 1. The molecule has 0 saturated heterocycles. The van der Waals surface area contributed by atoms with Crippen LogP contribution in [-0.4, -0.2) is 16.8 Å². The van der Waals surface area contributed by atoms with Gasteiger partial charge in [0.15, 0.2) is 5.78 Å². The molecule has 3 aromatic rings. The van der Waals surface area contributed by atoms with E-state index >= 15 is 0 Å². The van der Waals surface area contributed by atoms with Crippen molar-refractivity contribution in [2.24, 2.45) is 0 Å². The van der Waals surface area contributed by atoms with Crippen molar-refractivity contribution in [1.29, 1.82) is 0 Å². The number of aromatic hydroxyl groups is 1. The summed E-state index contributed by atoms with van der Waals surface area (Å²) in [6.45, 7) is 1.37. The second-order valence-electron chi connectivity index (χ2n) is 6.03. The lowest BCUT2D eigenvalue weighted by atomic mass is 9.99. The first-order valence-corrected chi connectivity index (χ1v) is 8.32. The van der Waals surface area contributed by atoms with Crippen LogP contribution in [0.3, 0.4) is 0 Å². The molecule has 0 fully saturated rings.